The lowest BCUT2D eigenvalue weighted by atomic mass is 10.0. The molecule has 0 saturated carbocycles. The zero-order chi connectivity index (χ0) is 21.1. The SMILES string of the molecule is COCCOC(=O)c1c(C)n(CCc2ccccc2)c2c1cc(O)c1ccccc12. The summed E-state index contributed by atoms with van der Waals surface area (Å²) < 4.78 is 12.6. The van der Waals surface area contributed by atoms with E-state index in [0.29, 0.717) is 24.1 Å². The van der Waals surface area contributed by atoms with Crippen LogP contribution in [0.25, 0.3) is 21.7 Å². The number of phenolic OH excluding ortho intramolecular Hbond substituents is 1. The Morgan fingerprint density at radius 2 is 1.67 bits per heavy atom. The van der Waals surface area contributed by atoms with Crippen LogP contribution in [0.15, 0.2) is 60.7 Å². The first kappa shape index (κ1) is 20.0. The summed E-state index contributed by atoms with van der Waals surface area (Å²) in [5.41, 5.74) is 3.50. The Kier molecular flexibility index (Phi) is 5.72. The van der Waals surface area contributed by atoms with Crippen LogP contribution >= 0.6 is 0 Å². The average Bonchev–Trinajstić information content (AvgIpc) is 3.04. The molecule has 5 nitrogen and oxygen atoms in total. The second-order valence-corrected chi connectivity index (χ2v) is 7.31. The summed E-state index contributed by atoms with van der Waals surface area (Å²) in [6.07, 6.45) is 0.832. The van der Waals surface area contributed by atoms with Gasteiger partial charge in [-0.3, -0.25) is 0 Å². The van der Waals surface area contributed by atoms with E-state index >= 15 is 0 Å². The quantitative estimate of drug-likeness (QED) is 0.354. The summed E-state index contributed by atoms with van der Waals surface area (Å²) in [5, 5.41) is 13.0. The van der Waals surface area contributed by atoms with Crippen LogP contribution in [0.4, 0.5) is 0 Å². The van der Waals surface area contributed by atoms with Crippen molar-refractivity contribution in [2.24, 2.45) is 0 Å². The van der Waals surface area contributed by atoms with Crippen molar-refractivity contribution in [1.82, 2.24) is 4.57 Å². The van der Waals surface area contributed by atoms with Gasteiger partial charge >= 0.3 is 5.97 Å². The standard InChI is InChI=1S/C25H25NO4/c1-17-23(25(28)30-15-14-29-2)21-16-22(27)19-10-6-7-11-20(19)24(21)26(17)13-12-18-8-4-3-5-9-18/h3-11,16,27H,12-15H2,1-2H3. The maximum absolute atomic E-state index is 12.9. The number of benzene rings is 3. The molecule has 0 amide bonds. The summed E-state index contributed by atoms with van der Waals surface area (Å²) in [6.45, 7) is 3.17. The fraction of sp³-hybridized carbons (Fsp3) is 0.240. The molecule has 5 heteroatoms. The number of aromatic nitrogens is 1. The third kappa shape index (κ3) is 3.64. The van der Waals surface area contributed by atoms with Crippen molar-refractivity contribution in [3.8, 4) is 5.75 Å². The first-order valence-electron chi connectivity index (χ1n) is 10.0. The van der Waals surface area contributed by atoms with Gasteiger partial charge in [0.05, 0.1) is 17.7 Å². The molecule has 1 heterocycles. The average molecular weight is 403 g/mol. The Bertz CT molecular complexity index is 1190. The summed E-state index contributed by atoms with van der Waals surface area (Å²) >= 11 is 0. The largest absolute Gasteiger partial charge is 0.507 e. The zero-order valence-corrected chi connectivity index (χ0v) is 17.2. The molecule has 0 radical (unpaired) electrons. The number of carbonyl (C=O) groups excluding carboxylic acids is 1. The van der Waals surface area contributed by atoms with Gasteiger partial charge in [0, 0.05) is 35.5 Å². The van der Waals surface area contributed by atoms with Crippen LogP contribution in [0, 0.1) is 6.92 Å². The Labute approximate surface area is 175 Å². The third-order valence-electron chi connectivity index (χ3n) is 5.49. The number of carbonyl (C=O) groups is 1. The van der Waals surface area contributed by atoms with E-state index in [9.17, 15) is 9.90 Å². The van der Waals surface area contributed by atoms with Gasteiger partial charge < -0.3 is 19.1 Å². The van der Waals surface area contributed by atoms with E-state index in [0.717, 1.165) is 28.4 Å². The van der Waals surface area contributed by atoms with Crippen molar-refractivity contribution in [3.63, 3.8) is 0 Å². The Balaban J connectivity index is 1.87. The van der Waals surface area contributed by atoms with Crippen LogP contribution in [0.5, 0.6) is 5.75 Å². The molecule has 0 spiro atoms. The normalized spacial score (nSPS) is 11.3. The number of nitrogens with zero attached hydrogens (tertiary/aromatic N) is 1. The summed E-state index contributed by atoms with van der Waals surface area (Å²) in [6, 6.07) is 19.7. The maximum Gasteiger partial charge on any atom is 0.340 e. The number of ether oxygens (including phenoxy) is 2. The lowest BCUT2D eigenvalue weighted by molar-refractivity contribution is 0.0389. The molecule has 4 aromatic rings. The van der Waals surface area contributed by atoms with Crippen molar-refractivity contribution in [2.75, 3.05) is 20.3 Å². The Morgan fingerprint density at radius 3 is 2.40 bits per heavy atom. The Morgan fingerprint density at radius 1 is 0.967 bits per heavy atom. The van der Waals surface area contributed by atoms with Crippen LogP contribution in [0.1, 0.15) is 21.6 Å². The topological polar surface area (TPSA) is 60.7 Å². The molecule has 1 aromatic heterocycles. The molecule has 0 aliphatic rings. The molecule has 0 fully saturated rings. The first-order valence-corrected chi connectivity index (χ1v) is 10.0. The molecule has 4 rings (SSSR count). The van der Waals surface area contributed by atoms with Crippen molar-refractivity contribution >= 4 is 27.6 Å². The van der Waals surface area contributed by atoms with E-state index in [1.807, 2.05) is 49.4 Å². The summed E-state index contributed by atoms with van der Waals surface area (Å²) in [4.78, 5) is 12.9. The molecule has 0 unspecified atom stereocenters. The van der Waals surface area contributed by atoms with Crippen molar-refractivity contribution < 1.29 is 19.4 Å². The van der Waals surface area contributed by atoms with Gasteiger partial charge in [-0.2, -0.15) is 0 Å². The second kappa shape index (κ2) is 8.59. The molecule has 0 bridgehead atoms. The van der Waals surface area contributed by atoms with Crippen molar-refractivity contribution in [3.05, 3.63) is 77.5 Å². The predicted molar refractivity (Wildman–Crippen MR) is 118 cm³/mol. The first-order chi connectivity index (χ1) is 14.6. The Hall–Kier alpha value is -3.31. The van der Waals surface area contributed by atoms with Gasteiger partial charge in [0.15, 0.2) is 0 Å². The minimum Gasteiger partial charge on any atom is -0.507 e. The number of esters is 1. The molecular weight excluding hydrogens is 378 g/mol. The number of aromatic hydroxyl groups is 1. The number of hydrogen-bond acceptors (Lipinski definition) is 4. The summed E-state index contributed by atoms with van der Waals surface area (Å²) in [5.74, 6) is -0.244. The van der Waals surface area contributed by atoms with E-state index in [-0.39, 0.29) is 12.4 Å². The van der Waals surface area contributed by atoms with Gasteiger partial charge in [-0.05, 0) is 25.0 Å². The van der Waals surface area contributed by atoms with Crippen molar-refractivity contribution in [2.45, 2.75) is 19.9 Å². The fourth-order valence-electron chi connectivity index (χ4n) is 4.03. The van der Waals surface area contributed by atoms with E-state index in [2.05, 4.69) is 16.7 Å². The number of methoxy groups -OCH3 is 1. The number of hydrogen-bond donors (Lipinski definition) is 1. The van der Waals surface area contributed by atoms with Gasteiger partial charge in [-0.25, -0.2) is 4.79 Å². The minimum atomic E-state index is -0.400. The van der Waals surface area contributed by atoms with Gasteiger partial charge in [0.2, 0.25) is 0 Å². The smallest absolute Gasteiger partial charge is 0.340 e. The van der Waals surface area contributed by atoms with Gasteiger partial charge in [0.1, 0.15) is 12.4 Å². The number of rotatable bonds is 7. The molecular formula is C25H25NO4. The lowest BCUT2D eigenvalue weighted by Crippen LogP contribution is -2.11. The van der Waals surface area contributed by atoms with E-state index in [1.165, 1.54) is 5.56 Å². The van der Waals surface area contributed by atoms with Crippen LogP contribution in [-0.4, -0.2) is 36.0 Å². The highest BCUT2D eigenvalue weighted by Gasteiger charge is 2.23. The molecule has 30 heavy (non-hydrogen) atoms. The number of phenols is 1. The fourth-order valence-corrected chi connectivity index (χ4v) is 4.03. The van der Waals surface area contributed by atoms with Crippen LogP contribution in [-0.2, 0) is 22.4 Å². The molecule has 0 aliphatic heterocycles. The van der Waals surface area contributed by atoms with Gasteiger partial charge in [-0.15, -0.1) is 0 Å². The zero-order valence-electron chi connectivity index (χ0n) is 17.2. The highest BCUT2D eigenvalue weighted by molar-refractivity contribution is 6.16. The molecule has 1 N–H and O–H groups in total. The van der Waals surface area contributed by atoms with Crippen LogP contribution < -0.4 is 0 Å². The monoisotopic (exact) mass is 403 g/mol. The highest BCUT2D eigenvalue weighted by Crippen LogP contribution is 2.37. The molecule has 0 saturated heterocycles. The van der Waals surface area contributed by atoms with E-state index in [1.54, 1.807) is 13.2 Å². The van der Waals surface area contributed by atoms with Crippen LogP contribution in [0.2, 0.25) is 0 Å². The third-order valence-corrected chi connectivity index (χ3v) is 5.49. The minimum absolute atomic E-state index is 0.157. The van der Waals surface area contributed by atoms with E-state index in [4.69, 9.17) is 9.47 Å². The highest BCUT2D eigenvalue weighted by atomic mass is 16.6. The molecule has 0 atom stereocenters. The second-order valence-electron chi connectivity index (χ2n) is 7.31. The number of fused-ring (bicyclic) bond motifs is 3. The maximum atomic E-state index is 12.9. The lowest BCUT2D eigenvalue weighted by Gasteiger charge is -2.11. The summed E-state index contributed by atoms with van der Waals surface area (Å²) in [7, 11) is 1.57. The molecule has 154 valence electrons. The molecule has 0 aliphatic carbocycles. The van der Waals surface area contributed by atoms with Crippen molar-refractivity contribution in [1.29, 1.82) is 0 Å². The van der Waals surface area contributed by atoms with Gasteiger partial charge in [0.25, 0.3) is 0 Å². The predicted octanol–water partition coefficient (Wildman–Crippen LogP) is 4.85. The van der Waals surface area contributed by atoms with E-state index < -0.39 is 5.97 Å². The van der Waals surface area contributed by atoms with Gasteiger partial charge in [-0.1, -0.05) is 54.6 Å². The van der Waals surface area contributed by atoms with Crippen LogP contribution in [0.3, 0.4) is 0 Å². The number of aryl methyl sites for hydroxylation is 2. The molecule has 3 aromatic carbocycles.